The van der Waals surface area contributed by atoms with Crippen LogP contribution in [0.2, 0.25) is 0 Å². The van der Waals surface area contributed by atoms with Crippen LogP contribution in [0.25, 0.3) is 0 Å². The number of thiazole rings is 1. The van der Waals surface area contributed by atoms with Crippen molar-refractivity contribution in [3.63, 3.8) is 0 Å². The van der Waals surface area contributed by atoms with E-state index in [4.69, 9.17) is 9.15 Å². The number of ether oxygens (including phenoxy) is 1. The highest BCUT2D eigenvalue weighted by Gasteiger charge is 2.04. The molecular formula is C16H24N2O2S. The highest BCUT2D eigenvalue weighted by Crippen LogP contribution is 2.13. The first kappa shape index (κ1) is 16.2. The van der Waals surface area contributed by atoms with Gasteiger partial charge in [0, 0.05) is 11.3 Å². The lowest BCUT2D eigenvalue weighted by Gasteiger charge is -2.05. The molecule has 0 atom stereocenters. The zero-order valence-electron chi connectivity index (χ0n) is 13.0. The van der Waals surface area contributed by atoms with E-state index < -0.39 is 0 Å². The van der Waals surface area contributed by atoms with Crippen LogP contribution in [-0.4, -0.2) is 18.1 Å². The Bertz CT molecular complexity index is 534. The molecule has 0 unspecified atom stereocenters. The lowest BCUT2D eigenvalue weighted by Crippen LogP contribution is -2.18. The van der Waals surface area contributed by atoms with Crippen LogP contribution in [-0.2, 0) is 24.3 Å². The SMILES string of the molecule is Cc1ncsc1CCOCc1ccc(CNCC(C)C)o1. The Morgan fingerprint density at radius 3 is 2.86 bits per heavy atom. The Hall–Kier alpha value is -1.17. The first-order chi connectivity index (χ1) is 10.1. The van der Waals surface area contributed by atoms with Gasteiger partial charge in [0.2, 0.25) is 0 Å². The van der Waals surface area contributed by atoms with Crippen molar-refractivity contribution in [1.82, 2.24) is 10.3 Å². The normalized spacial score (nSPS) is 11.4. The van der Waals surface area contributed by atoms with Gasteiger partial charge in [-0.2, -0.15) is 0 Å². The van der Waals surface area contributed by atoms with Crippen LogP contribution in [0, 0.1) is 12.8 Å². The van der Waals surface area contributed by atoms with E-state index in [1.807, 2.05) is 24.6 Å². The molecule has 0 saturated carbocycles. The lowest BCUT2D eigenvalue weighted by atomic mass is 10.2. The predicted octanol–water partition coefficient (Wildman–Crippen LogP) is 3.55. The highest BCUT2D eigenvalue weighted by atomic mass is 32.1. The molecule has 0 radical (unpaired) electrons. The topological polar surface area (TPSA) is 47.3 Å². The molecule has 2 rings (SSSR count). The number of hydrogen-bond acceptors (Lipinski definition) is 5. The number of nitrogens with zero attached hydrogens (tertiary/aromatic N) is 1. The predicted molar refractivity (Wildman–Crippen MR) is 85.5 cm³/mol. The van der Waals surface area contributed by atoms with Gasteiger partial charge in [-0.1, -0.05) is 13.8 Å². The summed E-state index contributed by atoms with van der Waals surface area (Å²) in [5.74, 6) is 2.50. The fourth-order valence-electron chi connectivity index (χ4n) is 1.98. The van der Waals surface area contributed by atoms with Gasteiger partial charge in [-0.3, -0.25) is 0 Å². The van der Waals surface area contributed by atoms with E-state index in [1.54, 1.807) is 11.3 Å². The number of aromatic nitrogens is 1. The monoisotopic (exact) mass is 308 g/mol. The molecule has 0 aliphatic rings. The van der Waals surface area contributed by atoms with Gasteiger partial charge >= 0.3 is 0 Å². The molecular weight excluding hydrogens is 284 g/mol. The molecule has 0 bridgehead atoms. The third kappa shape index (κ3) is 5.61. The molecule has 0 spiro atoms. The molecule has 0 fully saturated rings. The molecule has 2 aromatic heterocycles. The summed E-state index contributed by atoms with van der Waals surface area (Å²) >= 11 is 1.69. The van der Waals surface area contributed by atoms with Crippen LogP contribution in [0.4, 0.5) is 0 Å². The largest absolute Gasteiger partial charge is 0.462 e. The second-order valence-corrected chi connectivity index (χ2v) is 6.50. The summed E-state index contributed by atoms with van der Waals surface area (Å²) in [5, 5.41) is 3.37. The van der Waals surface area contributed by atoms with Crippen LogP contribution in [0.5, 0.6) is 0 Å². The van der Waals surface area contributed by atoms with E-state index >= 15 is 0 Å². The van der Waals surface area contributed by atoms with E-state index in [2.05, 4.69) is 24.1 Å². The van der Waals surface area contributed by atoms with Crippen molar-refractivity contribution in [2.75, 3.05) is 13.2 Å². The summed E-state index contributed by atoms with van der Waals surface area (Å²) < 4.78 is 11.4. The van der Waals surface area contributed by atoms with Crippen LogP contribution in [0.1, 0.15) is 35.9 Å². The highest BCUT2D eigenvalue weighted by molar-refractivity contribution is 7.09. The van der Waals surface area contributed by atoms with Crippen molar-refractivity contribution in [3.8, 4) is 0 Å². The van der Waals surface area contributed by atoms with Crippen LogP contribution >= 0.6 is 11.3 Å². The van der Waals surface area contributed by atoms with Crippen LogP contribution in [0.15, 0.2) is 22.1 Å². The van der Waals surface area contributed by atoms with Gasteiger partial charge in [-0.05, 0) is 31.5 Å². The van der Waals surface area contributed by atoms with Crippen molar-refractivity contribution in [1.29, 1.82) is 0 Å². The average Bonchev–Trinajstić information content (AvgIpc) is 3.04. The molecule has 116 valence electrons. The summed E-state index contributed by atoms with van der Waals surface area (Å²) in [5.41, 5.74) is 2.99. The van der Waals surface area contributed by atoms with Gasteiger partial charge < -0.3 is 14.5 Å². The number of nitrogens with one attached hydrogen (secondary N) is 1. The lowest BCUT2D eigenvalue weighted by molar-refractivity contribution is 0.108. The number of aryl methyl sites for hydroxylation is 1. The summed E-state index contributed by atoms with van der Waals surface area (Å²) in [6.45, 7) is 9.43. The Kier molecular flexibility index (Phi) is 6.42. The summed E-state index contributed by atoms with van der Waals surface area (Å²) in [6, 6.07) is 4.00. The van der Waals surface area contributed by atoms with Gasteiger partial charge in [0.05, 0.1) is 24.4 Å². The molecule has 5 heteroatoms. The van der Waals surface area contributed by atoms with Gasteiger partial charge in [0.1, 0.15) is 18.1 Å². The maximum Gasteiger partial charge on any atom is 0.129 e. The summed E-state index contributed by atoms with van der Waals surface area (Å²) in [4.78, 5) is 5.53. The van der Waals surface area contributed by atoms with E-state index in [1.165, 1.54) is 4.88 Å². The van der Waals surface area contributed by atoms with E-state index in [9.17, 15) is 0 Å². The first-order valence-electron chi connectivity index (χ1n) is 7.40. The zero-order valence-corrected chi connectivity index (χ0v) is 13.8. The van der Waals surface area contributed by atoms with E-state index in [-0.39, 0.29) is 0 Å². The second kappa shape index (κ2) is 8.32. The van der Waals surface area contributed by atoms with Crippen molar-refractivity contribution in [2.24, 2.45) is 5.92 Å². The fraction of sp³-hybridized carbons (Fsp3) is 0.562. The van der Waals surface area contributed by atoms with Gasteiger partial charge in [0.15, 0.2) is 0 Å². The minimum absolute atomic E-state index is 0.530. The molecule has 0 aliphatic heterocycles. The molecule has 2 heterocycles. The molecule has 21 heavy (non-hydrogen) atoms. The summed E-state index contributed by atoms with van der Waals surface area (Å²) in [6.07, 6.45) is 0.917. The minimum Gasteiger partial charge on any atom is -0.462 e. The average molecular weight is 308 g/mol. The Balaban J connectivity index is 1.65. The minimum atomic E-state index is 0.530. The van der Waals surface area contributed by atoms with E-state index in [0.717, 1.165) is 36.7 Å². The fourth-order valence-corrected chi connectivity index (χ4v) is 2.75. The first-order valence-corrected chi connectivity index (χ1v) is 8.28. The van der Waals surface area contributed by atoms with Crippen LogP contribution in [0.3, 0.4) is 0 Å². The molecule has 0 aliphatic carbocycles. The zero-order chi connectivity index (χ0) is 15.1. The Morgan fingerprint density at radius 1 is 1.33 bits per heavy atom. The third-order valence-electron chi connectivity index (χ3n) is 3.13. The van der Waals surface area contributed by atoms with Crippen LogP contribution < -0.4 is 5.32 Å². The quantitative estimate of drug-likeness (QED) is 0.720. The maximum absolute atomic E-state index is 5.73. The number of rotatable bonds is 9. The molecule has 4 nitrogen and oxygen atoms in total. The number of hydrogen-bond donors (Lipinski definition) is 1. The van der Waals surface area contributed by atoms with Crippen molar-refractivity contribution < 1.29 is 9.15 Å². The number of furan rings is 1. The molecule has 0 aromatic carbocycles. The molecule has 0 amide bonds. The van der Waals surface area contributed by atoms with Gasteiger partial charge in [-0.15, -0.1) is 11.3 Å². The smallest absolute Gasteiger partial charge is 0.129 e. The standard InChI is InChI=1S/C16H24N2O2S/c1-12(2)8-17-9-14-4-5-15(20-14)10-19-7-6-16-13(3)18-11-21-16/h4-5,11-12,17H,6-10H2,1-3H3. The van der Waals surface area contributed by atoms with Crippen molar-refractivity contribution >= 4 is 11.3 Å². The second-order valence-electron chi connectivity index (χ2n) is 5.56. The third-order valence-corrected chi connectivity index (χ3v) is 4.13. The van der Waals surface area contributed by atoms with E-state index in [0.29, 0.717) is 19.1 Å². The van der Waals surface area contributed by atoms with Crippen molar-refractivity contribution in [2.45, 2.75) is 40.3 Å². The van der Waals surface area contributed by atoms with Gasteiger partial charge in [-0.25, -0.2) is 4.98 Å². The van der Waals surface area contributed by atoms with Crippen molar-refractivity contribution in [3.05, 3.63) is 39.7 Å². The molecule has 0 saturated heterocycles. The molecule has 2 aromatic rings. The Morgan fingerprint density at radius 2 is 2.14 bits per heavy atom. The Labute approximate surface area is 130 Å². The maximum atomic E-state index is 5.73. The van der Waals surface area contributed by atoms with Gasteiger partial charge in [0.25, 0.3) is 0 Å². The summed E-state index contributed by atoms with van der Waals surface area (Å²) in [7, 11) is 0. The molecule has 1 N–H and O–H groups in total.